The molecule has 1 saturated carbocycles. The molecule has 3 nitrogen and oxygen atoms in total. The third-order valence-electron chi connectivity index (χ3n) is 7.74. The summed E-state index contributed by atoms with van der Waals surface area (Å²) in [5.41, 5.74) is 8.97. The van der Waals surface area contributed by atoms with E-state index in [9.17, 15) is 4.79 Å². The van der Waals surface area contributed by atoms with E-state index in [1.807, 2.05) is 30.3 Å². The van der Waals surface area contributed by atoms with E-state index < -0.39 is 5.97 Å². The molecule has 3 heteroatoms. The summed E-state index contributed by atoms with van der Waals surface area (Å²) in [5.74, 6) is 4.29. The number of rotatable bonds is 16. The molecule has 0 aromatic heterocycles. The second kappa shape index (κ2) is 17.9. The van der Waals surface area contributed by atoms with Crippen LogP contribution in [0.2, 0.25) is 0 Å². The number of aryl methyl sites for hydroxylation is 1. The molecule has 37 heavy (non-hydrogen) atoms. The summed E-state index contributed by atoms with van der Waals surface area (Å²) in [7, 11) is 0. The van der Waals surface area contributed by atoms with Crippen molar-refractivity contribution in [2.24, 2.45) is 23.5 Å². The number of nitrogens with two attached hydrogens (primary N) is 1. The van der Waals surface area contributed by atoms with E-state index in [1.54, 1.807) is 6.08 Å². The Morgan fingerprint density at radius 2 is 1.68 bits per heavy atom. The fourth-order valence-electron chi connectivity index (χ4n) is 5.27. The quantitative estimate of drug-likeness (QED) is 0.0801. The van der Waals surface area contributed by atoms with E-state index in [-0.39, 0.29) is 5.76 Å². The van der Waals surface area contributed by atoms with Crippen molar-refractivity contribution in [2.75, 3.05) is 0 Å². The fourth-order valence-corrected chi connectivity index (χ4v) is 5.27. The summed E-state index contributed by atoms with van der Waals surface area (Å²) in [6, 6.07) is 7.70. The molecular weight excluding hydrogens is 454 g/mol. The van der Waals surface area contributed by atoms with Gasteiger partial charge in [-0.05, 0) is 92.0 Å². The standard InChI is InChI=1S/C34H51NO2/c1-5-7-11-15-28-17-21-30(22-18-28)33(35)26-25-32(6-2)37-34(36)31-23-19-29(20-24-31)16-13-10-8-9-12-14-27(3)4/h2,19-20,23-28,30H,5,7-18,21-22,35H2,1,3-4H3/b32-25+,33-26-. The van der Waals surface area contributed by atoms with Crippen molar-refractivity contribution in [1.82, 2.24) is 0 Å². The highest BCUT2D eigenvalue weighted by molar-refractivity contribution is 5.90. The first-order valence-corrected chi connectivity index (χ1v) is 14.9. The average Bonchev–Trinajstić information content (AvgIpc) is 2.91. The van der Waals surface area contributed by atoms with Gasteiger partial charge in [0.25, 0.3) is 0 Å². The van der Waals surface area contributed by atoms with Crippen molar-refractivity contribution in [3.63, 3.8) is 0 Å². The number of carbonyl (C=O) groups excluding carboxylic acids is 1. The van der Waals surface area contributed by atoms with Crippen LogP contribution in [-0.4, -0.2) is 5.97 Å². The number of hydrogen-bond donors (Lipinski definition) is 1. The molecule has 1 aromatic rings. The predicted octanol–water partition coefficient (Wildman–Crippen LogP) is 9.13. The summed E-state index contributed by atoms with van der Waals surface area (Å²) >= 11 is 0. The number of esters is 1. The summed E-state index contributed by atoms with van der Waals surface area (Å²) in [6.07, 6.45) is 28.0. The molecule has 204 valence electrons. The molecule has 0 unspecified atom stereocenters. The van der Waals surface area contributed by atoms with Crippen LogP contribution in [-0.2, 0) is 11.2 Å². The number of terminal acetylenes is 1. The third kappa shape index (κ3) is 12.6. The van der Waals surface area contributed by atoms with E-state index in [0.717, 1.165) is 36.8 Å². The lowest BCUT2D eigenvalue weighted by Gasteiger charge is -2.28. The van der Waals surface area contributed by atoms with Gasteiger partial charge in [-0.15, -0.1) is 6.42 Å². The van der Waals surface area contributed by atoms with Gasteiger partial charge in [0.05, 0.1) is 5.56 Å². The normalized spacial score (nSPS) is 18.6. The van der Waals surface area contributed by atoms with Crippen LogP contribution >= 0.6 is 0 Å². The van der Waals surface area contributed by atoms with E-state index >= 15 is 0 Å². The fraction of sp³-hybridized carbons (Fsp3) is 0.618. The van der Waals surface area contributed by atoms with E-state index in [4.69, 9.17) is 16.9 Å². The number of hydrogen-bond acceptors (Lipinski definition) is 3. The predicted molar refractivity (Wildman–Crippen MR) is 157 cm³/mol. The van der Waals surface area contributed by atoms with Gasteiger partial charge in [0.15, 0.2) is 5.76 Å². The lowest BCUT2D eigenvalue weighted by molar-refractivity contribution is 0.0640. The first-order chi connectivity index (χ1) is 17.9. The molecule has 2 rings (SSSR count). The van der Waals surface area contributed by atoms with Gasteiger partial charge in [0, 0.05) is 5.70 Å². The number of allylic oxidation sites excluding steroid dienone is 4. The Bertz CT molecular complexity index is 879. The molecule has 0 saturated heterocycles. The summed E-state index contributed by atoms with van der Waals surface area (Å²) in [4.78, 5) is 12.6. The van der Waals surface area contributed by atoms with Crippen LogP contribution in [0.15, 0.2) is 47.9 Å². The van der Waals surface area contributed by atoms with Crippen LogP contribution in [0.5, 0.6) is 0 Å². The maximum atomic E-state index is 12.6. The highest BCUT2D eigenvalue weighted by atomic mass is 16.5. The molecule has 1 fully saturated rings. The third-order valence-corrected chi connectivity index (χ3v) is 7.74. The van der Waals surface area contributed by atoms with Gasteiger partial charge in [0.1, 0.15) is 0 Å². The minimum atomic E-state index is -0.430. The van der Waals surface area contributed by atoms with Crippen LogP contribution in [0.1, 0.15) is 127 Å². The largest absolute Gasteiger partial charge is 0.414 e. The summed E-state index contributed by atoms with van der Waals surface area (Å²) < 4.78 is 5.47. The smallest absolute Gasteiger partial charge is 0.344 e. The van der Waals surface area contributed by atoms with Gasteiger partial charge < -0.3 is 10.5 Å². The average molecular weight is 506 g/mol. The van der Waals surface area contributed by atoms with Crippen molar-refractivity contribution in [1.29, 1.82) is 0 Å². The van der Waals surface area contributed by atoms with Gasteiger partial charge >= 0.3 is 5.97 Å². The molecule has 0 aliphatic heterocycles. The van der Waals surface area contributed by atoms with Crippen molar-refractivity contribution < 1.29 is 9.53 Å². The molecule has 1 aliphatic carbocycles. The van der Waals surface area contributed by atoms with Gasteiger partial charge in [-0.2, -0.15) is 0 Å². The highest BCUT2D eigenvalue weighted by Gasteiger charge is 2.22. The van der Waals surface area contributed by atoms with Crippen molar-refractivity contribution in [3.05, 3.63) is 59.0 Å². The van der Waals surface area contributed by atoms with Crippen molar-refractivity contribution in [2.45, 2.75) is 117 Å². The SMILES string of the molecule is C#C/C(=C\C=C(/N)C1CCC(CCCCC)CC1)OC(=O)c1ccc(CCCCCCCC(C)C)cc1. The zero-order valence-electron chi connectivity index (χ0n) is 23.8. The second-order valence-corrected chi connectivity index (χ2v) is 11.3. The number of benzene rings is 1. The van der Waals surface area contributed by atoms with Crippen LogP contribution in [0.25, 0.3) is 0 Å². The molecule has 1 aromatic carbocycles. The van der Waals surface area contributed by atoms with Crippen LogP contribution in [0.4, 0.5) is 0 Å². The Labute approximate surface area is 227 Å². The summed E-state index contributed by atoms with van der Waals surface area (Å²) in [6.45, 7) is 6.83. The molecule has 0 atom stereocenters. The Morgan fingerprint density at radius 3 is 2.32 bits per heavy atom. The van der Waals surface area contributed by atoms with Gasteiger partial charge in [-0.3, -0.25) is 0 Å². The Kier molecular flexibility index (Phi) is 14.9. The lowest BCUT2D eigenvalue weighted by Crippen LogP contribution is -2.20. The molecule has 0 bridgehead atoms. The molecular formula is C34H51NO2. The Hall–Kier alpha value is -2.47. The summed E-state index contributed by atoms with van der Waals surface area (Å²) in [5, 5.41) is 0. The number of carbonyl (C=O) groups is 1. The molecule has 0 radical (unpaired) electrons. The van der Waals surface area contributed by atoms with E-state index in [0.29, 0.717) is 11.5 Å². The van der Waals surface area contributed by atoms with Crippen molar-refractivity contribution >= 4 is 5.97 Å². The highest BCUT2D eigenvalue weighted by Crippen LogP contribution is 2.34. The maximum Gasteiger partial charge on any atom is 0.344 e. The number of ether oxygens (including phenoxy) is 1. The minimum absolute atomic E-state index is 0.197. The molecule has 0 spiro atoms. The van der Waals surface area contributed by atoms with Crippen LogP contribution < -0.4 is 5.73 Å². The lowest BCUT2D eigenvalue weighted by atomic mass is 9.78. The minimum Gasteiger partial charge on any atom is -0.414 e. The first kappa shape index (κ1) is 30.8. The van der Waals surface area contributed by atoms with Crippen LogP contribution in [0.3, 0.4) is 0 Å². The Morgan fingerprint density at radius 1 is 1.00 bits per heavy atom. The van der Waals surface area contributed by atoms with Gasteiger partial charge in [0.2, 0.25) is 0 Å². The molecule has 2 N–H and O–H groups in total. The van der Waals surface area contributed by atoms with Gasteiger partial charge in [-0.25, -0.2) is 4.79 Å². The van der Waals surface area contributed by atoms with E-state index in [2.05, 4.69) is 26.7 Å². The number of unbranched alkanes of at least 4 members (excludes halogenated alkanes) is 6. The zero-order chi connectivity index (χ0) is 26.9. The Balaban J connectivity index is 1.76. The monoisotopic (exact) mass is 505 g/mol. The zero-order valence-corrected chi connectivity index (χ0v) is 23.8. The van der Waals surface area contributed by atoms with E-state index in [1.165, 1.54) is 82.6 Å². The van der Waals surface area contributed by atoms with Crippen LogP contribution in [0, 0.1) is 30.1 Å². The van der Waals surface area contributed by atoms with Gasteiger partial charge in [-0.1, -0.05) is 90.7 Å². The molecule has 1 aliphatic rings. The molecule has 0 heterocycles. The first-order valence-electron chi connectivity index (χ1n) is 14.9. The maximum absolute atomic E-state index is 12.6. The second-order valence-electron chi connectivity index (χ2n) is 11.3. The molecule has 0 amide bonds. The topological polar surface area (TPSA) is 52.3 Å². The van der Waals surface area contributed by atoms with Crippen molar-refractivity contribution in [3.8, 4) is 12.3 Å².